The van der Waals surface area contributed by atoms with E-state index >= 15 is 0 Å². The van der Waals surface area contributed by atoms with Crippen LogP contribution in [0.25, 0.3) is 0 Å². The molecule has 0 radical (unpaired) electrons. The lowest BCUT2D eigenvalue weighted by molar-refractivity contribution is 0.125. The van der Waals surface area contributed by atoms with Crippen LogP contribution in [0.3, 0.4) is 0 Å². The van der Waals surface area contributed by atoms with E-state index in [0.717, 1.165) is 16.8 Å². The first kappa shape index (κ1) is 12.5. The first-order valence-corrected chi connectivity index (χ1v) is 6.15. The van der Waals surface area contributed by atoms with Gasteiger partial charge in [-0.1, -0.05) is 17.7 Å². The number of aromatic nitrogens is 2. The van der Waals surface area contributed by atoms with Gasteiger partial charge in [-0.15, -0.1) is 5.10 Å². The first-order valence-electron chi connectivity index (χ1n) is 6.15. The number of aryl methyl sites for hydroxylation is 2. The highest BCUT2D eigenvalue weighted by Crippen LogP contribution is 2.31. The number of carbonyl (C=O) groups is 1. The number of aromatic amines is 1. The normalized spacial score (nSPS) is 18.4. The third-order valence-corrected chi connectivity index (χ3v) is 3.19. The van der Waals surface area contributed by atoms with E-state index in [9.17, 15) is 9.59 Å². The SMILES string of the molecule is Cc1ccc(N2CC(c3n[nH]c(=O)o3)OC2=O)c(C)c1. The van der Waals surface area contributed by atoms with Crippen molar-refractivity contribution in [1.82, 2.24) is 10.2 Å². The number of benzene rings is 1. The van der Waals surface area contributed by atoms with E-state index in [4.69, 9.17) is 9.15 Å². The molecule has 7 heteroatoms. The highest BCUT2D eigenvalue weighted by Gasteiger charge is 2.37. The molecule has 3 rings (SSSR count). The monoisotopic (exact) mass is 275 g/mol. The third kappa shape index (κ3) is 2.07. The maximum Gasteiger partial charge on any atom is 0.434 e. The molecule has 7 nitrogen and oxygen atoms in total. The van der Waals surface area contributed by atoms with Crippen LogP contribution in [0.2, 0.25) is 0 Å². The Balaban J connectivity index is 1.89. The number of hydrogen-bond acceptors (Lipinski definition) is 5. The molecule has 1 aliphatic heterocycles. The maximum atomic E-state index is 11.9. The predicted molar refractivity (Wildman–Crippen MR) is 69.6 cm³/mol. The Bertz CT molecular complexity index is 718. The summed E-state index contributed by atoms with van der Waals surface area (Å²) in [4.78, 5) is 24.4. The van der Waals surface area contributed by atoms with E-state index in [1.54, 1.807) is 0 Å². The van der Waals surface area contributed by atoms with Crippen molar-refractivity contribution < 1.29 is 13.9 Å². The molecule has 1 aliphatic rings. The number of cyclic esters (lactones) is 1. The molecule has 104 valence electrons. The predicted octanol–water partition coefficient (Wildman–Crippen LogP) is 1.68. The summed E-state index contributed by atoms with van der Waals surface area (Å²) in [5.74, 6) is -0.586. The van der Waals surface area contributed by atoms with Crippen LogP contribution in [0, 0.1) is 13.8 Å². The van der Waals surface area contributed by atoms with Gasteiger partial charge < -0.3 is 9.15 Å². The lowest BCUT2D eigenvalue weighted by atomic mass is 10.1. The number of rotatable bonds is 2. The Kier molecular flexibility index (Phi) is 2.81. The number of hydrogen-bond donors (Lipinski definition) is 1. The fourth-order valence-electron chi connectivity index (χ4n) is 2.28. The van der Waals surface area contributed by atoms with Crippen LogP contribution in [0.5, 0.6) is 0 Å². The molecule has 1 fully saturated rings. The second-order valence-corrected chi connectivity index (χ2v) is 4.72. The molecule has 0 saturated carbocycles. The third-order valence-electron chi connectivity index (χ3n) is 3.19. The largest absolute Gasteiger partial charge is 0.434 e. The molecule has 0 spiro atoms. The van der Waals surface area contributed by atoms with Crippen molar-refractivity contribution in [2.45, 2.75) is 20.0 Å². The Labute approximate surface area is 114 Å². The van der Waals surface area contributed by atoms with E-state index in [1.807, 2.05) is 32.0 Å². The van der Waals surface area contributed by atoms with Gasteiger partial charge >= 0.3 is 11.8 Å². The summed E-state index contributed by atoms with van der Waals surface area (Å²) >= 11 is 0. The molecule has 1 N–H and O–H groups in total. The van der Waals surface area contributed by atoms with Crippen molar-refractivity contribution >= 4 is 11.8 Å². The molecule has 0 aliphatic carbocycles. The zero-order valence-corrected chi connectivity index (χ0v) is 11.0. The highest BCUT2D eigenvalue weighted by molar-refractivity contribution is 5.90. The van der Waals surface area contributed by atoms with Crippen LogP contribution >= 0.6 is 0 Å². The van der Waals surface area contributed by atoms with Crippen LogP contribution in [-0.4, -0.2) is 22.8 Å². The number of amides is 1. The summed E-state index contributed by atoms with van der Waals surface area (Å²) in [6.07, 6.45) is -1.16. The van der Waals surface area contributed by atoms with Crippen molar-refractivity contribution in [2.75, 3.05) is 11.4 Å². The molecular formula is C13H13N3O4. The second kappa shape index (κ2) is 4.52. The van der Waals surface area contributed by atoms with Crippen molar-refractivity contribution in [1.29, 1.82) is 0 Å². The second-order valence-electron chi connectivity index (χ2n) is 4.72. The Hall–Kier alpha value is -2.57. The Morgan fingerprint density at radius 2 is 2.15 bits per heavy atom. The van der Waals surface area contributed by atoms with Crippen LogP contribution in [0.4, 0.5) is 10.5 Å². The topological polar surface area (TPSA) is 88.4 Å². The summed E-state index contributed by atoms with van der Waals surface area (Å²) in [5, 5.41) is 5.84. The number of ether oxygens (including phenoxy) is 1. The molecule has 1 amide bonds. The molecule has 1 saturated heterocycles. The Morgan fingerprint density at radius 1 is 1.35 bits per heavy atom. The molecule has 0 bridgehead atoms. The van der Waals surface area contributed by atoms with Gasteiger partial charge in [0.2, 0.25) is 0 Å². The van der Waals surface area contributed by atoms with Gasteiger partial charge in [0.05, 0.1) is 12.2 Å². The lowest BCUT2D eigenvalue weighted by Gasteiger charge is -2.15. The van der Waals surface area contributed by atoms with E-state index in [0.29, 0.717) is 0 Å². The van der Waals surface area contributed by atoms with Gasteiger partial charge in [-0.25, -0.2) is 14.7 Å². The number of nitrogens with one attached hydrogen (secondary N) is 1. The van der Waals surface area contributed by atoms with E-state index in [-0.39, 0.29) is 12.4 Å². The smallest absolute Gasteiger partial charge is 0.434 e. The summed E-state index contributed by atoms with van der Waals surface area (Å²) in [7, 11) is 0. The maximum absolute atomic E-state index is 11.9. The zero-order valence-electron chi connectivity index (χ0n) is 11.0. The average Bonchev–Trinajstić information content (AvgIpc) is 2.96. The molecule has 2 aromatic rings. The van der Waals surface area contributed by atoms with Crippen LogP contribution in [0.15, 0.2) is 27.4 Å². The number of carbonyl (C=O) groups excluding carboxylic acids is 1. The number of anilines is 1. The summed E-state index contributed by atoms with van der Waals surface area (Å²) in [6.45, 7) is 4.18. The highest BCUT2D eigenvalue weighted by atomic mass is 16.6. The quantitative estimate of drug-likeness (QED) is 0.900. The standard InChI is InChI=1S/C13H13N3O4/c1-7-3-4-9(8(2)5-7)16-6-10(19-13(16)18)11-14-15-12(17)20-11/h3-5,10H,6H2,1-2H3,(H,15,17). The molecule has 1 unspecified atom stereocenters. The molecular weight excluding hydrogens is 262 g/mol. The van der Waals surface area contributed by atoms with Gasteiger partial charge in [-0.05, 0) is 25.5 Å². The van der Waals surface area contributed by atoms with Gasteiger partial charge in [-0.2, -0.15) is 0 Å². The van der Waals surface area contributed by atoms with Crippen LogP contribution in [-0.2, 0) is 4.74 Å². The minimum absolute atomic E-state index is 0.0793. The fourth-order valence-corrected chi connectivity index (χ4v) is 2.28. The fraction of sp³-hybridized carbons (Fsp3) is 0.308. The van der Waals surface area contributed by atoms with Crippen molar-refractivity contribution in [3.05, 3.63) is 45.8 Å². The molecule has 1 aromatic heterocycles. The van der Waals surface area contributed by atoms with Gasteiger partial charge in [0.15, 0.2) is 6.10 Å². The van der Waals surface area contributed by atoms with Crippen LogP contribution < -0.4 is 10.7 Å². The van der Waals surface area contributed by atoms with E-state index in [2.05, 4.69) is 10.2 Å². The average molecular weight is 275 g/mol. The van der Waals surface area contributed by atoms with E-state index in [1.165, 1.54) is 4.90 Å². The van der Waals surface area contributed by atoms with Gasteiger partial charge in [0.25, 0.3) is 5.89 Å². The molecule has 20 heavy (non-hydrogen) atoms. The minimum Gasteiger partial charge on any atom is -0.434 e. The van der Waals surface area contributed by atoms with E-state index < -0.39 is 18.0 Å². The summed E-state index contributed by atoms with van der Waals surface area (Å²) in [5.41, 5.74) is 2.88. The number of nitrogens with zero attached hydrogens (tertiary/aromatic N) is 2. The Morgan fingerprint density at radius 3 is 2.80 bits per heavy atom. The zero-order chi connectivity index (χ0) is 14.3. The van der Waals surface area contributed by atoms with Gasteiger partial charge in [0, 0.05) is 0 Å². The number of H-pyrrole nitrogens is 1. The lowest BCUT2D eigenvalue weighted by Crippen LogP contribution is -2.24. The molecule has 1 atom stereocenters. The first-order chi connectivity index (χ1) is 9.54. The van der Waals surface area contributed by atoms with Crippen molar-refractivity contribution in [2.24, 2.45) is 0 Å². The van der Waals surface area contributed by atoms with Gasteiger partial charge in [-0.3, -0.25) is 4.90 Å². The van der Waals surface area contributed by atoms with Crippen LogP contribution in [0.1, 0.15) is 23.1 Å². The summed E-state index contributed by atoms with van der Waals surface area (Å²) in [6, 6.07) is 5.79. The van der Waals surface area contributed by atoms with Gasteiger partial charge in [0.1, 0.15) is 0 Å². The molecule has 1 aromatic carbocycles. The minimum atomic E-state index is -0.679. The van der Waals surface area contributed by atoms with Crippen molar-refractivity contribution in [3.8, 4) is 0 Å². The molecule has 2 heterocycles. The van der Waals surface area contributed by atoms with Crippen molar-refractivity contribution in [3.63, 3.8) is 0 Å². The summed E-state index contributed by atoms with van der Waals surface area (Å²) < 4.78 is 10.0.